The van der Waals surface area contributed by atoms with Crippen LogP contribution in [-0.4, -0.2) is 28.6 Å². The van der Waals surface area contributed by atoms with Crippen molar-refractivity contribution in [3.05, 3.63) is 71.8 Å². The fourth-order valence-electron chi connectivity index (χ4n) is 3.82. The molecule has 1 aliphatic rings. The van der Waals surface area contributed by atoms with E-state index in [2.05, 4.69) is 5.32 Å². The molecule has 0 spiro atoms. The second-order valence-corrected chi connectivity index (χ2v) is 7.56. The third kappa shape index (κ3) is 5.35. The molecule has 2 amide bonds. The van der Waals surface area contributed by atoms with Crippen molar-refractivity contribution in [2.75, 3.05) is 5.88 Å². The van der Waals surface area contributed by atoms with E-state index in [4.69, 9.17) is 11.6 Å². The van der Waals surface area contributed by atoms with Crippen LogP contribution in [0.2, 0.25) is 0 Å². The van der Waals surface area contributed by atoms with Gasteiger partial charge in [-0.25, -0.2) is 0 Å². The summed E-state index contributed by atoms with van der Waals surface area (Å²) in [5, 5.41) is 3.19. The van der Waals surface area contributed by atoms with E-state index < -0.39 is 6.04 Å². The maximum atomic E-state index is 13.3. The molecule has 1 aliphatic carbocycles. The number of hydrogen-bond donors (Lipinski definition) is 1. The van der Waals surface area contributed by atoms with Gasteiger partial charge in [0, 0.05) is 12.6 Å². The van der Waals surface area contributed by atoms with Crippen molar-refractivity contribution < 1.29 is 9.59 Å². The first-order valence-corrected chi connectivity index (χ1v) is 10.5. The minimum absolute atomic E-state index is 0.132. The molecule has 2 aromatic carbocycles. The molecular weight excluding hydrogens is 372 g/mol. The average Bonchev–Trinajstić information content (AvgIpc) is 2.75. The van der Waals surface area contributed by atoms with E-state index in [-0.39, 0.29) is 23.7 Å². The number of alkyl halides is 1. The zero-order valence-corrected chi connectivity index (χ0v) is 16.8. The normalized spacial score (nSPS) is 15.6. The Morgan fingerprint density at radius 2 is 1.57 bits per heavy atom. The number of rotatable bonds is 7. The van der Waals surface area contributed by atoms with Gasteiger partial charge in [0.15, 0.2) is 0 Å². The van der Waals surface area contributed by atoms with Crippen LogP contribution in [-0.2, 0) is 16.1 Å². The van der Waals surface area contributed by atoms with Gasteiger partial charge in [-0.2, -0.15) is 0 Å². The van der Waals surface area contributed by atoms with E-state index in [1.54, 1.807) is 4.90 Å². The summed E-state index contributed by atoms with van der Waals surface area (Å²) in [4.78, 5) is 27.7. The fourth-order valence-corrected chi connectivity index (χ4v) is 3.97. The highest BCUT2D eigenvalue weighted by molar-refractivity contribution is 6.27. The maximum absolute atomic E-state index is 13.3. The topological polar surface area (TPSA) is 49.4 Å². The molecule has 148 valence electrons. The molecule has 0 aliphatic heterocycles. The summed E-state index contributed by atoms with van der Waals surface area (Å²) in [6, 6.07) is 18.7. The van der Waals surface area contributed by atoms with Crippen LogP contribution in [0.3, 0.4) is 0 Å². The van der Waals surface area contributed by atoms with Crippen molar-refractivity contribution in [3.8, 4) is 0 Å². The van der Waals surface area contributed by atoms with Crippen LogP contribution in [0.4, 0.5) is 0 Å². The van der Waals surface area contributed by atoms with Gasteiger partial charge >= 0.3 is 0 Å². The van der Waals surface area contributed by atoms with Crippen LogP contribution in [0.15, 0.2) is 60.7 Å². The molecule has 0 radical (unpaired) electrons. The Morgan fingerprint density at radius 3 is 2.18 bits per heavy atom. The predicted octanol–water partition coefficient (Wildman–Crippen LogP) is 4.44. The van der Waals surface area contributed by atoms with Crippen LogP contribution >= 0.6 is 11.6 Å². The Balaban J connectivity index is 1.89. The van der Waals surface area contributed by atoms with Gasteiger partial charge in [-0.05, 0) is 24.0 Å². The highest BCUT2D eigenvalue weighted by Gasteiger charge is 2.32. The smallest absolute Gasteiger partial charge is 0.247 e. The van der Waals surface area contributed by atoms with Crippen molar-refractivity contribution in [1.82, 2.24) is 10.2 Å². The molecule has 1 atom stereocenters. The first-order valence-electron chi connectivity index (χ1n) is 9.93. The first kappa shape index (κ1) is 20.4. The third-order valence-corrected chi connectivity index (χ3v) is 5.49. The summed E-state index contributed by atoms with van der Waals surface area (Å²) in [7, 11) is 0. The Kier molecular flexibility index (Phi) is 7.49. The van der Waals surface area contributed by atoms with Crippen LogP contribution in [0.25, 0.3) is 0 Å². The van der Waals surface area contributed by atoms with E-state index in [0.29, 0.717) is 6.54 Å². The van der Waals surface area contributed by atoms with Gasteiger partial charge in [0.1, 0.15) is 11.9 Å². The molecule has 1 fully saturated rings. The molecule has 1 saturated carbocycles. The molecule has 0 bridgehead atoms. The quantitative estimate of drug-likeness (QED) is 0.701. The largest absolute Gasteiger partial charge is 0.351 e. The van der Waals surface area contributed by atoms with Crippen molar-refractivity contribution in [3.63, 3.8) is 0 Å². The van der Waals surface area contributed by atoms with E-state index in [1.165, 1.54) is 6.42 Å². The Morgan fingerprint density at radius 1 is 0.964 bits per heavy atom. The monoisotopic (exact) mass is 398 g/mol. The second kappa shape index (κ2) is 10.3. The Hall–Kier alpha value is -2.33. The number of benzene rings is 2. The van der Waals surface area contributed by atoms with Crippen molar-refractivity contribution in [1.29, 1.82) is 0 Å². The first-order chi connectivity index (χ1) is 13.7. The summed E-state index contributed by atoms with van der Waals surface area (Å²) in [5.74, 6) is -0.543. The van der Waals surface area contributed by atoms with Gasteiger partial charge in [-0.15, -0.1) is 11.6 Å². The van der Waals surface area contributed by atoms with Gasteiger partial charge in [0.2, 0.25) is 11.8 Å². The minimum Gasteiger partial charge on any atom is -0.351 e. The zero-order chi connectivity index (χ0) is 19.8. The minimum atomic E-state index is -0.699. The molecule has 0 heterocycles. The molecule has 3 rings (SSSR count). The highest BCUT2D eigenvalue weighted by Crippen LogP contribution is 2.26. The SMILES string of the molecule is O=C(NC1CCCCC1)C(c1ccccc1)N(Cc1ccccc1)C(=O)CCl. The predicted molar refractivity (Wildman–Crippen MR) is 112 cm³/mol. The lowest BCUT2D eigenvalue weighted by atomic mass is 9.94. The number of amides is 2. The van der Waals surface area contributed by atoms with Crippen LogP contribution in [0.1, 0.15) is 49.3 Å². The summed E-state index contributed by atoms with van der Waals surface area (Å²) in [5.41, 5.74) is 1.76. The lowest BCUT2D eigenvalue weighted by molar-refractivity contribution is -0.140. The second-order valence-electron chi connectivity index (χ2n) is 7.30. The Bertz CT molecular complexity index is 761. The van der Waals surface area contributed by atoms with Crippen molar-refractivity contribution in [2.45, 2.75) is 50.7 Å². The van der Waals surface area contributed by atoms with Gasteiger partial charge in [-0.3, -0.25) is 9.59 Å². The molecule has 0 saturated heterocycles. The number of hydrogen-bond acceptors (Lipinski definition) is 2. The molecule has 1 unspecified atom stereocenters. The van der Waals surface area contributed by atoms with E-state index in [1.807, 2.05) is 60.7 Å². The van der Waals surface area contributed by atoms with Gasteiger partial charge < -0.3 is 10.2 Å². The number of halogens is 1. The molecule has 4 nitrogen and oxygen atoms in total. The lowest BCUT2D eigenvalue weighted by Crippen LogP contribution is -2.47. The third-order valence-electron chi connectivity index (χ3n) is 5.26. The van der Waals surface area contributed by atoms with Gasteiger partial charge in [0.05, 0.1) is 0 Å². The van der Waals surface area contributed by atoms with Gasteiger partial charge in [0.25, 0.3) is 0 Å². The lowest BCUT2D eigenvalue weighted by Gasteiger charge is -2.33. The zero-order valence-electron chi connectivity index (χ0n) is 16.0. The van der Waals surface area contributed by atoms with E-state index in [9.17, 15) is 9.59 Å². The van der Waals surface area contributed by atoms with Crippen LogP contribution in [0.5, 0.6) is 0 Å². The summed E-state index contributed by atoms with van der Waals surface area (Å²) in [6.07, 6.45) is 5.48. The van der Waals surface area contributed by atoms with Crippen LogP contribution in [0, 0.1) is 0 Å². The number of carbonyl (C=O) groups is 2. The number of carbonyl (C=O) groups excluding carboxylic acids is 2. The fraction of sp³-hybridized carbons (Fsp3) is 0.391. The van der Waals surface area contributed by atoms with Gasteiger partial charge in [-0.1, -0.05) is 79.9 Å². The van der Waals surface area contributed by atoms with Crippen LogP contribution < -0.4 is 5.32 Å². The molecule has 0 aromatic heterocycles. The number of nitrogens with one attached hydrogen (secondary N) is 1. The average molecular weight is 399 g/mol. The van der Waals surface area contributed by atoms with Crippen molar-refractivity contribution >= 4 is 23.4 Å². The molecule has 28 heavy (non-hydrogen) atoms. The van der Waals surface area contributed by atoms with E-state index >= 15 is 0 Å². The number of nitrogens with zero attached hydrogens (tertiary/aromatic N) is 1. The highest BCUT2D eigenvalue weighted by atomic mass is 35.5. The summed E-state index contributed by atoms with van der Waals surface area (Å²) >= 11 is 5.92. The molecule has 1 N–H and O–H groups in total. The van der Waals surface area contributed by atoms with Crippen molar-refractivity contribution in [2.24, 2.45) is 0 Å². The molecular formula is C23H27ClN2O2. The molecule has 2 aromatic rings. The maximum Gasteiger partial charge on any atom is 0.247 e. The summed E-state index contributed by atoms with van der Waals surface area (Å²) < 4.78 is 0. The Labute approximate surface area is 171 Å². The molecule has 5 heteroatoms. The summed E-state index contributed by atoms with van der Waals surface area (Å²) in [6.45, 7) is 0.337. The van der Waals surface area contributed by atoms with E-state index in [0.717, 1.165) is 36.8 Å². The standard InChI is InChI=1S/C23H27ClN2O2/c24-16-21(27)26(17-18-10-4-1-5-11-18)22(19-12-6-2-7-13-19)23(28)25-20-14-8-3-9-15-20/h1-2,4-7,10-13,20,22H,3,8-9,14-17H2,(H,25,28).